The molecule has 0 spiro atoms. The van der Waals surface area contributed by atoms with Crippen molar-refractivity contribution in [2.24, 2.45) is 11.7 Å². The molecule has 4 aromatic rings. The SMILES string of the molecule is COc1cc(C(=O)NCC(O)(c2cc3c(c(-c4ccc(F)c(Cl)c4)n2)OC[C@]3(C)C(N)=O)C2CCC2)cn2cc(C3CC3)nc12. The molecule has 1 aromatic carbocycles. The number of imidazole rings is 1. The van der Waals surface area contributed by atoms with E-state index in [2.05, 4.69) is 5.32 Å². The lowest BCUT2D eigenvalue weighted by atomic mass is 9.70. The Kier molecular flexibility index (Phi) is 7.01. The largest absolute Gasteiger partial charge is 0.493 e. The van der Waals surface area contributed by atoms with E-state index in [-0.39, 0.29) is 29.8 Å². The van der Waals surface area contributed by atoms with Crippen LogP contribution < -0.4 is 20.5 Å². The predicted molar refractivity (Wildman–Crippen MR) is 164 cm³/mol. The van der Waals surface area contributed by atoms with Gasteiger partial charge in [0.05, 0.1) is 35.6 Å². The third-order valence-corrected chi connectivity index (χ3v) is 9.86. The highest BCUT2D eigenvalue weighted by molar-refractivity contribution is 6.31. The van der Waals surface area contributed by atoms with Gasteiger partial charge < -0.3 is 30.0 Å². The van der Waals surface area contributed by atoms with Gasteiger partial charge in [0.2, 0.25) is 5.91 Å². The minimum Gasteiger partial charge on any atom is -0.493 e. The second-order valence-corrected chi connectivity index (χ2v) is 13.0. The minimum absolute atomic E-state index is 0.0235. The van der Waals surface area contributed by atoms with Gasteiger partial charge in [-0.25, -0.2) is 14.4 Å². The molecule has 3 aliphatic rings. The van der Waals surface area contributed by atoms with Crippen LogP contribution in [0.2, 0.25) is 5.02 Å². The minimum atomic E-state index is -1.61. The van der Waals surface area contributed by atoms with Gasteiger partial charge in [-0.3, -0.25) is 9.59 Å². The van der Waals surface area contributed by atoms with E-state index in [1.807, 2.05) is 6.20 Å². The molecule has 0 saturated heterocycles. The van der Waals surface area contributed by atoms with E-state index in [9.17, 15) is 19.1 Å². The maximum absolute atomic E-state index is 14.1. The van der Waals surface area contributed by atoms with Gasteiger partial charge in [0.1, 0.15) is 34.9 Å². The molecule has 3 aromatic heterocycles. The molecule has 4 heterocycles. The molecule has 4 N–H and O–H groups in total. The number of carbonyl (C=O) groups excluding carboxylic acids is 2. The van der Waals surface area contributed by atoms with Crippen LogP contribution in [0.4, 0.5) is 4.39 Å². The zero-order valence-electron chi connectivity index (χ0n) is 24.9. The predicted octanol–water partition coefficient (Wildman–Crippen LogP) is 4.63. The van der Waals surface area contributed by atoms with Crippen LogP contribution in [0.15, 0.2) is 42.7 Å². The van der Waals surface area contributed by atoms with Crippen LogP contribution in [0, 0.1) is 11.7 Å². The fourth-order valence-electron chi connectivity index (χ4n) is 6.23. The van der Waals surface area contributed by atoms with Crippen molar-refractivity contribution in [3.8, 4) is 22.8 Å². The van der Waals surface area contributed by atoms with E-state index in [0.29, 0.717) is 58.3 Å². The van der Waals surface area contributed by atoms with Gasteiger partial charge in [-0.2, -0.15) is 0 Å². The topological polar surface area (TPSA) is 141 Å². The van der Waals surface area contributed by atoms with Gasteiger partial charge in [-0.05, 0) is 68.9 Å². The van der Waals surface area contributed by atoms with Crippen molar-refractivity contribution in [3.05, 3.63) is 76.1 Å². The van der Waals surface area contributed by atoms with Crippen LogP contribution in [-0.2, 0) is 15.8 Å². The Labute approximate surface area is 263 Å². The van der Waals surface area contributed by atoms with Crippen LogP contribution in [0.3, 0.4) is 0 Å². The Morgan fingerprint density at radius 3 is 2.64 bits per heavy atom. The fourth-order valence-corrected chi connectivity index (χ4v) is 6.41. The molecule has 0 bridgehead atoms. The van der Waals surface area contributed by atoms with E-state index >= 15 is 0 Å². The first-order valence-electron chi connectivity index (χ1n) is 15.0. The molecule has 0 radical (unpaired) electrons. The molecule has 2 fully saturated rings. The first kappa shape index (κ1) is 29.5. The molecule has 1 aliphatic heterocycles. The smallest absolute Gasteiger partial charge is 0.253 e. The Hall–Kier alpha value is -4.22. The van der Waals surface area contributed by atoms with E-state index in [0.717, 1.165) is 25.0 Å². The monoisotopic (exact) mass is 633 g/mol. The summed E-state index contributed by atoms with van der Waals surface area (Å²) in [6, 6.07) is 7.43. The second kappa shape index (κ2) is 10.7. The number of carbonyl (C=O) groups is 2. The number of benzene rings is 1. The van der Waals surface area contributed by atoms with Gasteiger partial charge in [0.25, 0.3) is 5.91 Å². The number of hydrogen-bond acceptors (Lipinski definition) is 7. The van der Waals surface area contributed by atoms with Crippen LogP contribution in [0.1, 0.15) is 72.3 Å². The lowest BCUT2D eigenvalue weighted by molar-refractivity contribution is -0.123. The number of nitrogens with two attached hydrogens (primary N) is 1. The van der Waals surface area contributed by atoms with E-state index < -0.39 is 28.6 Å². The molecular formula is C33H33ClFN5O5. The summed E-state index contributed by atoms with van der Waals surface area (Å²) in [4.78, 5) is 35.8. The summed E-state index contributed by atoms with van der Waals surface area (Å²) in [6.07, 6.45) is 8.15. The summed E-state index contributed by atoms with van der Waals surface area (Å²) in [6.45, 7) is 1.49. The first-order chi connectivity index (χ1) is 21.5. The van der Waals surface area contributed by atoms with Crippen molar-refractivity contribution in [1.82, 2.24) is 19.7 Å². The Morgan fingerprint density at radius 1 is 1.22 bits per heavy atom. The van der Waals surface area contributed by atoms with Crippen molar-refractivity contribution >= 4 is 29.1 Å². The number of halogens is 2. The summed E-state index contributed by atoms with van der Waals surface area (Å²) < 4.78 is 27.4. The molecule has 7 rings (SSSR count). The van der Waals surface area contributed by atoms with Crippen molar-refractivity contribution in [3.63, 3.8) is 0 Å². The molecule has 234 valence electrons. The fraction of sp³-hybridized carbons (Fsp3) is 0.394. The molecule has 2 saturated carbocycles. The number of nitrogens with zero attached hydrogens (tertiary/aromatic N) is 3. The average Bonchev–Trinajstić information content (AvgIpc) is 3.66. The summed E-state index contributed by atoms with van der Waals surface area (Å²) in [5, 5.41) is 15.2. The standard InChI is InChI=1S/C33H33ClFN5O5/c1-32(31(36)42)16-45-28-21(32)12-26(39-27(28)18-8-9-23(35)22(34)10-18)33(43,20-4-3-5-20)15-37-30(41)19-11-25(44-2)29-38-24(17-6-7-17)14-40(29)13-19/h8-14,17,20,43H,3-7,15-16H2,1-2H3,(H2,36,42)(H,37,41)/t32-,33?/m0/s1. The highest BCUT2D eigenvalue weighted by Crippen LogP contribution is 2.49. The van der Waals surface area contributed by atoms with Crippen molar-refractivity contribution in [2.45, 2.75) is 56.0 Å². The molecule has 45 heavy (non-hydrogen) atoms. The number of aromatic nitrogens is 3. The third kappa shape index (κ3) is 4.89. The normalized spacial score (nSPS) is 20.6. The van der Waals surface area contributed by atoms with Gasteiger partial charge in [-0.1, -0.05) is 18.0 Å². The summed E-state index contributed by atoms with van der Waals surface area (Å²) in [7, 11) is 1.53. The number of hydrogen-bond donors (Lipinski definition) is 3. The molecular weight excluding hydrogens is 601 g/mol. The van der Waals surface area contributed by atoms with Crippen LogP contribution in [0.5, 0.6) is 11.5 Å². The van der Waals surface area contributed by atoms with Crippen molar-refractivity contribution in [2.75, 3.05) is 20.3 Å². The van der Waals surface area contributed by atoms with Crippen molar-refractivity contribution in [1.29, 1.82) is 0 Å². The van der Waals surface area contributed by atoms with E-state index in [1.54, 1.807) is 29.7 Å². The van der Waals surface area contributed by atoms with Crippen molar-refractivity contribution < 1.29 is 28.6 Å². The number of nitrogens with one attached hydrogen (secondary N) is 1. The highest BCUT2D eigenvalue weighted by Gasteiger charge is 2.48. The van der Waals surface area contributed by atoms with E-state index in [1.165, 1.54) is 25.3 Å². The molecule has 2 aliphatic carbocycles. The number of rotatable bonds is 9. The summed E-state index contributed by atoms with van der Waals surface area (Å²) >= 11 is 6.12. The number of pyridine rings is 2. The van der Waals surface area contributed by atoms with Gasteiger partial charge in [0.15, 0.2) is 11.4 Å². The maximum atomic E-state index is 14.1. The lowest BCUT2D eigenvalue weighted by Gasteiger charge is -2.41. The number of aliphatic hydroxyl groups is 1. The quantitative estimate of drug-likeness (QED) is 0.244. The van der Waals surface area contributed by atoms with Crippen LogP contribution in [-0.4, -0.2) is 51.6 Å². The van der Waals surface area contributed by atoms with Gasteiger partial charge in [0, 0.05) is 29.4 Å². The van der Waals surface area contributed by atoms with Gasteiger partial charge in [-0.15, -0.1) is 0 Å². The number of ether oxygens (including phenoxy) is 2. The zero-order chi connectivity index (χ0) is 31.7. The molecule has 1 unspecified atom stereocenters. The molecule has 10 nitrogen and oxygen atoms in total. The zero-order valence-corrected chi connectivity index (χ0v) is 25.7. The Morgan fingerprint density at radius 2 is 2.00 bits per heavy atom. The summed E-state index contributed by atoms with van der Waals surface area (Å²) in [5.41, 5.74) is 6.42. The molecule has 2 amide bonds. The third-order valence-electron chi connectivity index (χ3n) is 9.57. The Bertz CT molecular complexity index is 1870. The van der Waals surface area contributed by atoms with Crippen LogP contribution in [0.25, 0.3) is 16.9 Å². The Balaban J connectivity index is 1.27. The average molecular weight is 634 g/mol. The first-order valence-corrected chi connectivity index (χ1v) is 15.4. The molecule has 2 atom stereocenters. The number of fused-ring (bicyclic) bond motifs is 2. The van der Waals surface area contributed by atoms with E-state index in [4.69, 9.17) is 36.8 Å². The number of methoxy groups -OCH3 is 1. The molecule has 12 heteroatoms. The van der Waals surface area contributed by atoms with Gasteiger partial charge >= 0.3 is 0 Å². The highest BCUT2D eigenvalue weighted by atomic mass is 35.5. The maximum Gasteiger partial charge on any atom is 0.253 e. The number of primary amides is 1. The lowest BCUT2D eigenvalue weighted by Crippen LogP contribution is -2.49. The summed E-state index contributed by atoms with van der Waals surface area (Å²) in [5.74, 6) is -0.614. The number of amides is 2. The van der Waals surface area contributed by atoms with Crippen LogP contribution >= 0.6 is 11.6 Å². The second-order valence-electron chi connectivity index (χ2n) is 12.5.